The minimum absolute atomic E-state index is 0.0191. The lowest BCUT2D eigenvalue weighted by Crippen LogP contribution is -2.16. The molecule has 0 radical (unpaired) electrons. The third-order valence-electron chi connectivity index (χ3n) is 3.82. The molecule has 0 aliphatic rings. The molecule has 0 saturated heterocycles. The maximum absolute atomic E-state index is 13.7. The number of aromatic amines is 1. The van der Waals surface area contributed by atoms with Crippen LogP contribution in [-0.2, 0) is 0 Å². The number of nitrogens with zero attached hydrogens (tertiary/aromatic N) is 2. The van der Waals surface area contributed by atoms with Gasteiger partial charge in [0.15, 0.2) is 5.82 Å². The van der Waals surface area contributed by atoms with E-state index < -0.39 is 23.2 Å². The van der Waals surface area contributed by atoms with Gasteiger partial charge in [0, 0.05) is 0 Å². The van der Waals surface area contributed by atoms with Crippen molar-refractivity contribution >= 4 is 22.6 Å². The van der Waals surface area contributed by atoms with Crippen LogP contribution in [0.2, 0.25) is 0 Å². The highest BCUT2D eigenvalue weighted by atomic mass is 19.1. The van der Waals surface area contributed by atoms with Crippen LogP contribution in [-0.4, -0.2) is 20.9 Å². The number of halogens is 2. The van der Waals surface area contributed by atoms with Crippen molar-refractivity contribution in [1.82, 2.24) is 15.0 Å². The predicted molar refractivity (Wildman–Crippen MR) is 93.6 cm³/mol. The Bertz CT molecular complexity index is 1070. The number of H-pyrrole nitrogens is 1. The van der Waals surface area contributed by atoms with Gasteiger partial charge in [-0.2, -0.15) is 0 Å². The lowest BCUT2D eigenvalue weighted by Gasteiger charge is -2.07. The van der Waals surface area contributed by atoms with Crippen molar-refractivity contribution in [1.29, 1.82) is 0 Å². The van der Waals surface area contributed by atoms with Crippen LogP contribution in [0, 0.1) is 11.6 Å². The summed E-state index contributed by atoms with van der Waals surface area (Å²) >= 11 is 0. The largest absolute Gasteiger partial charge is 0.337 e. The normalized spacial score (nSPS) is 10.8. The molecule has 4 rings (SSSR count). The average molecular weight is 350 g/mol. The van der Waals surface area contributed by atoms with Gasteiger partial charge in [-0.3, -0.25) is 4.79 Å². The standard InChI is InChI=1S/C19H12F2N4O/c20-11-5-3-6-12(21)17(11)25-19(26)16-10-4-9-15(22-16)18-23-13-7-1-2-8-14(13)24-18/h1-10H,(H,23,24)(H,25,26). The van der Waals surface area contributed by atoms with Gasteiger partial charge in [-0.25, -0.2) is 18.7 Å². The zero-order valence-corrected chi connectivity index (χ0v) is 13.3. The maximum atomic E-state index is 13.7. The number of pyridine rings is 1. The fourth-order valence-electron chi connectivity index (χ4n) is 2.56. The van der Waals surface area contributed by atoms with E-state index in [4.69, 9.17) is 0 Å². The molecule has 4 aromatic rings. The van der Waals surface area contributed by atoms with Gasteiger partial charge in [0.05, 0.1) is 11.0 Å². The smallest absolute Gasteiger partial charge is 0.274 e. The van der Waals surface area contributed by atoms with Crippen LogP contribution in [0.5, 0.6) is 0 Å². The van der Waals surface area contributed by atoms with Crippen molar-refractivity contribution in [3.8, 4) is 11.5 Å². The van der Waals surface area contributed by atoms with E-state index in [1.165, 1.54) is 12.1 Å². The molecule has 2 aromatic carbocycles. The first-order chi connectivity index (χ1) is 12.6. The number of hydrogen-bond donors (Lipinski definition) is 2. The van der Waals surface area contributed by atoms with Gasteiger partial charge in [-0.05, 0) is 36.4 Å². The molecule has 2 heterocycles. The Morgan fingerprint density at radius 3 is 2.38 bits per heavy atom. The third-order valence-corrected chi connectivity index (χ3v) is 3.82. The molecule has 128 valence electrons. The van der Waals surface area contributed by atoms with Gasteiger partial charge in [0.25, 0.3) is 5.91 Å². The van der Waals surface area contributed by atoms with Crippen molar-refractivity contribution in [3.63, 3.8) is 0 Å². The summed E-state index contributed by atoms with van der Waals surface area (Å²) in [6.07, 6.45) is 0. The van der Waals surface area contributed by atoms with Crippen LogP contribution in [0.25, 0.3) is 22.6 Å². The number of aromatic nitrogens is 3. The molecule has 1 amide bonds. The number of para-hydroxylation sites is 3. The zero-order valence-electron chi connectivity index (χ0n) is 13.3. The summed E-state index contributed by atoms with van der Waals surface area (Å²) in [5.41, 5.74) is 1.57. The van der Waals surface area contributed by atoms with Crippen LogP contribution < -0.4 is 5.32 Å². The van der Waals surface area contributed by atoms with E-state index in [2.05, 4.69) is 20.3 Å². The summed E-state index contributed by atoms with van der Waals surface area (Å²) in [6.45, 7) is 0. The predicted octanol–water partition coefficient (Wildman–Crippen LogP) is 4.16. The van der Waals surface area contributed by atoms with E-state index in [-0.39, 0.29) is 5.69 Å². The maximum Gasteiger partial charge on any atom is 0.274 e. The highest BCUT2D eigenvalue weighted by Gasteiger charge is 2.15. The quantitative estimate of drug-likeness (QED) is 0.583. The monoisotopic (exact) mass is 350 g/mol. The van der Waals surface area contributed by atoms with Gasteiger partial charge in [0.1, 0.15) is 28.7 Å². The third kappa shape index (κ3) is 2.90. The summed E-state index contributed by atoms with van der Waals surface area (Å²) in [5, 5.41) is 2.22. The van der Waals surface area contributed by atoms with Crippen molar-refractivity contribution in [2.24, 2.45) is 0 Å². The minimum Gasteiger partial charge on any atom is -0.337 e. The molecule has 26 heavy (non-hydrogen) atoms. The second kappa shape index (κ2) is 6.36. The molecular weight excluding hydrogens is 338 g/mol. The number of anilines is 1. The van der Waals surface area contributed by atoms with Crippen LogP contribution in [0.1, 0.15) is 10.5 Å². The van der Waals surface area contributed by atoms with Crippen molar-refractivity contribution in [3.05, 3.63) is 78.0 Å². The number of imidazole rings is 1. The Balaban J connectivity index is 1.66. The first kappa shape index (κ1) is 15.9. The highest BCUT2D eigenvalue weighted by Crippen LogP contribution is 2.21. The second-order valence-corrected chi connectivity index (χ2v) is 5.56. The second-order valence-electron chi connectivity index (χ2n) is 5.56. The molecule has 0 saturated carbocycles. The van der Waals surface area contributed by atoms with E-state index in [9.17, 15) is 13.6 Å². The van der Waals surface area contributed by atoms with Crippen LogP contribution in [0.15, 0.2) is 60.7 Å². The fraction of sp³-hybridized carbons (Fsp3) is 0. The van der Waals surface area contributed by atoms with Gasteiger partial charge in [-0.15, -0.1) is 0 Å². The van der Waals surface area contributed by atoms with Crippen LogP contribution in [0.3, 0.4) is 0 Å². The first-order valence-corrected chi connectivity index (χ1v) is 7.79. The molecule has 0 unspecified atom stereocenters. The number of fused-ring (bicyclic) bond motifs is 1. The number of carbonyl (C=O) groups is 1. The average Bonchev–Trinajstić information content (AvgIpc) is 3.09. The van der Waals surface area contributed by atoms with Crippen molar-refractivity contribution < 1.29 is 13.6 Å². The lowest BCUT2D eigenvalue weighted by atomic mass is 10.2. The summed E-state index contributed by atoms with van der Waals surface area (Å²) in [4.78, 5) is 24.1. The van der Waals surface area contributed by atoms with E-state index >= 15 is 0 Å². The number of nitrogens with one attached hydrogen (secondary N) is 2. The summed E-state index contributed by atoms with van der Waals surface area (Å²) in [5.74, 6) is -1.93. The zero-order chi connectivity index (χ0) is 18.1. The molecule has 2 N–H and O–H groups in total. The Morgan fingerprint density at radius 1 is 0.885 bits per heavy atom. The molecule has 0 bridgehead atoms. The summed E-state index contributed by atoms with van der Waals surface area (Å²) < 4.78 is 27.4. The Hall–Kier alpha value is -3.61. The highest BCUT2D eigenvalue weighted by molar-refractivity contribution is 6.03. The van der Waals surface area contributed by atoms with Crippen molar-refractivity contribution in [2.75, 3.05) is 5.32 Å². The number of rotatable bonds is 3. The van der Waals surface area contributed by atoms with E-state index in [1.54, 1.807) is 12.1 Å². The molecule has 2 aromatic heterocycles. The number of carbonyl (C=O) groups excluding carboxylic acids is 1. The van der Waals surface area contributed by atoms with E-state index in [0.29, 0.717) is 11.5 Å². The Labute approximate surface area is 146 Å². The molecule has 0 aliphatic heterocycles. The van der Waals surface area contributed by atoms with Crippen LogP contribution in [0.4, 0.5) is 14.5 Å². The summed E-state index contributed by atoms with van der Waals surface area (Å²) in [7, 11) is 0. The van der Waals surface area contributed by atoms with Crippen molar-refractivity contribution in [2.45, 2.75) is 0 Å². The lowest BCUT2D eigenvalue weighted by molar-refractivity contribution is 0.102. The first-order valence-electron chi connectivity index (χ1n) is 7.79. The molecule has 0 spiro atoms. The molecule has 7 heteroatoms. The van der Waals surface area contributed by atoms with Gasteiger partial charge in [-0.1, -0.05) is 24.3 Å². The van der Waals surface area contributed by atoms with Crippen LogP contribution >= 0.6 is 0 Å². The van der Waals surface area contributed by atoms with Gasteiger partial charge < -0.3 is 10.3 Å². The number of amides is 1. The molecule has 5 nitrogen and oxygen atoms in total. The minimum atomic E-state index is -0.855. The fourth-order valence-corrected chi connectivity index (χ4v) is 2.56. The summed E-state index contributed by atoms with van der Waals surface area (Å²) in [6, 6.07) is 15.6. The van der Waals surface area contributed by atoms with Gasteiger partial charge in [0.2, 0.25) is 0 Å². The SMILES string of the molecule is O=C(Nc1c(F)cccc1F)c1cccc(-c2nc3ccccc3[nH]2)n1. The topological polar surface area (TPSA) is 70.7 Å². The van der Waals surface area contributed by atoms with Gasteiger partial charge >= 0.3 is 0 Å². The molecule has 0 aliphatic carbocycles. The molecule has 0 atom stereocenters. The van der Waals surface area contributed by atoms with E-state index in [0.717, 1.165) is 23.2 Å². The number of benzene rings is 2. The number of hydrogen-bond acceptors (Lipinski definition) is 3. The Kier molecular flexibility index (Phi) is 3.89. The molecule has 0 fully saturated rings. The molecular formula is C19H12F2N4O. The Morgan fingerprint density at radius 2 is 1.62 bits per heavy atom. The van der Waals surface area contributed by atoms with E-state index in [1.807, 2.05) is 24.3 Å².